The van der Waals surface area contributed by atoms with Crippen molar-refractivity contribution in [2.75, 3.05) is 0 Å². The number of aryl methyl sites for hydroxylation is 1. The van der Waals surface area contributed by atoms with Crippen LogP contribution in [0.1, 0.15) is 22.3 Å². The molecule has 0 aliphatic heterocycles. The van der Waals surface area contributed by atoms with E-state index in [1.54, 1.807) is 56.7 Å². The van der Waals surface area contributed by atoms with Crippen molar-refractivity contribution in [2.24, 2.45) is 0 Å². The van der Waals surface area contributed by atoms with Gasteiger partial charge in [0.05, 0.1) is 19.3 Å². The molecule has 0 spiro atoms. The third-order valence-corrected chi connectivity index (χ3v) is 14.5. The Morgan fingerprint density at radius 1 is 0.440 bits per heavy atom. The van der Waals surface area contributed by atoms with E-state index in [1.807, 2.05) is 54.6 Å². The van der Waals surface area contributed by atoms with Crippen molar-refractivity contribution in [3.63, 3.8) is 0 Å². The molecule has 7 aromatic rings. The van der Waals surface area contributed by atoms with Crippen LogP contribution in [-0.2, 0) is 33.6 Å². The lowest BCUT2D eigenvalue weighted by molar-refractivity contribution is -0.137. The van der Waals surface area contributed by atoms with Crippen molar-refractivity contribution in [1.29, 1.82) is 0 Å². The first-order chi connectivity index (χ1) is 24.1. The highest BCUT2D eigenvalue weighted by Gasteiger charge is 2.20. The summed E-state index contributed by atoms with van der Waals surface area (Å²) in [5, 5.41) is 27.9. The van der Waals surface area contributed by atoms with Crippen molar-refractivity contribution in [3.8, 4) is 59.9 Å². The Kier molecular flexibility index (Phi) is 9.67. The maximum absolute atomic E-state index is 11.9. The van der Waals surface area contributed by atoms with E-state index >= 15 is 0 Å². The molecule has 2 aromatic carbocycles. The standard InChI is InChI=1S/C39H28O6S5/c1-21-16-33(29-12-10-27(46-29)24-6-2-22(3-7-24)17-35(40)41)49-38(21)31-14-15-32(48-31)39-26(20-37(44)45)19-34(50-39)30-13-11-28(47-30)25-8-4-23(5-9-25)18-36(42)43/h2-16,19H,17-18,20H2,1H3,(H,40,41)(H,42,43)(H,44,45). The van der Waals surface area contributed by atoms with Crippen LogP contribution in [0.2, 0.25) is 0 Å². The Morgan fingerprint density at radius 3 is 1.34 bits per heavy atom. The van der Waals surface area contributed by atoms with Gasteiger partial charge in [-0.3, -0.25) is 14.4 Å². The molecule has 0 radical (unpaired) electrons. The largest absolute Gasteiger partial charge is 0.481 e. The molecule has 0 aliphatic carbocycles. The number of carboxylic acids is 3. The number of hydrogen-bond donors (Lipinski definition) is 3. The van der Waals surface area contributed by atoms with Gasteiger partial charge in [-0.15, -0.1) is 56.7 Å². The summed E-state index contributed by atoms with van der Waals surface area (Å²) in [5.41, 5.74) is 5.58. The predicted molar refractivity (Wildman–Crippen MR) is 207 cm³/mol. The number of hydrogen-bond acceptors (Lipinski definition) is 8. The van der Waals surface area contributed by atoms with Gasteiger partial charge in [0.25, 0.3) is 0 Å². The Morgan fingerprint density at radius 2 is 0.840 bits per heavy atom. The predicted octanol–water partition coefficient (Wildman–Crippen LogP) is 11.2. The zero-order valence-electron chi connectivity index (χ0n) is 26.5. The molecule has 50 heavy (non-hydrogen) atoms. The average molecular weight is 753 g/mol. The molecule has 0 fully saturated rings. The van der Waals surface area contributed by atoms with Gasteiger partial charge < -0.3 is 15.3 Å². The molecule has 3 N–H and O–H groups in total. The fourth-order valence-electron chi connectivity index (χ4n) is 5.66. The van der Waals surface area contributed by atoms with Crippen LogP contribution in [-0.4, -0.2) is 33.2 Å². The summed E-state index contributed by atoms with van der Waals surface area (Å²) in [4.78, 5) is 44.9. The molecule has 5 heterocycles. The normalized spacial score (nSPS) is 11.2. The third-order valence-electron chi connectivity index (χ3n) is 8.01. The maximum atomic E-state index is 11.9. The summed E-state index contributed by atoms with van der Waals surface area (Å²) in [7, 11) is 0. The molecule has 11 heteroatoms. The lowest BCUT2D eigenvalue weighted by Crippen LogP contribution is -1.99. The SMILES string of the molecule is Cc1cc(-c2ccc(-c3ccc(CC(=O)O)cc3)s2)sc1-c1ccc(-c2sc(-c3ccc(-c4ccc(CC(=O)O)cc4)s3)cc2CC(=O)O)s1. The smallest absolute Gasteiger partial charge is 0.307 e. The van der Waals surface area contributed by atoms with Gasteiger partial charge in [0.1, 0.15) is 0 Å². The van der Waals surface area contributed by atoms with E-state index in [1.165, 1.54) is 20.2 Å². The number of rotatable bonds is 12. The van der Waals surface area contributed by atoms with Gasteiger partial charge >= 0.3 is 17.9 Å². The molecule has 0 saturated heterocycles. The van der Waals surface area contributed by atoms with E-state index in [0.29, 0.717) is 0 Å². The first-order valence-corrected chi connectivity index (χ1v) is 19.6. The van der Waals surface area contributed by atoms with Crippen LogP contribution in [0.3, 0.4) is 0 Å². The summed E-state index contributed by atoms with van der Waals surface area (Å²) < 4.78 is 0. The first kappa shape index (κ1) is 33.8. The zero-order valence-corrected chi connectivity index (χ0v) is 30.5. The first-order valence-electron chi connectivity index (χ1n) is 15.5. The summed E-state index contributed by atoms with van der Waals surface area (Å²) in [6, 6.07) is 32.0. The number of thiophene rings is 5. The molecule has 0 bridgehead atoms. The summed E-state index contributed by atoms with van der Waals surface area (Å²) in [6.07, 6.45) is -0.0624. The van der Waals surface area contributed by atoms with Gasteiger partial charge in [0.15, 0.2) is 0 Å². The van der Waals surface area contributed by atoms with E-state index in [2.05, 4.69) is 49.4 Å². The van der Waals surface area contributed by atoms with Crippen molar-refractivity contribution >= 4 is 74.6 Å². The fraction of sp³-hybridized carbons (Fsp3) is 0.103. The van der Waals surface area contributed by atoms with Gasteiger partial charge in [0, 0.05) is 48.8 Å². The molecule has 6 nitrogen and oxygen atoms in total. The minimum atomic E-state index is -0.869. The maximum Gasteiger partial charge on any atom is 0.307 e. The van der Waals surface area contributed by atoms with Crippen LogP contribution in [0.15, 0.2) is 97.1 Å². The monoisotopic (exact) mass is 752 g/mol. The fourth-order valence-corrected chi connectivity index (χ4v) is 11.5. The van der Waals surface area contributed by atoms with Gasteiger partial charge in [-0.2, -0.15) is 0 Å². The van der Waals surface area contributed by atoms with Gasteiger partial charge in [-0.25, -0.2) is 0 Å². The minimum absolute atomic E-state index is 0.0108. The molecule has 7 rings (SSSR count). The molecular formula is C39H28O6S5. The van der Waals surface area contributed by atoms with Crippen LogP contribution >= 0.6 is 56.7 Å². The van der Waals surface area contributed by atoms with E-state index in [4.69, 9.17) is 10.2 Å². The van der Waals surface area contributed by atoms with E-state index in [0.717, 1.165) is 62.0 Å². The van der Waals surface area contributed by atoms with Crippen molar-refractivity contribution in [2.45, 2.75) is 26.2 Å². The van der Waals surface area contributed by atoms with Crippen LogP contribution in [0.25, 0.3) is 59.9 Å². The van der Waals surface area contributed by atoms with Crippen molar-refractivity contribution in [1.82, 2.24) is 0 Å². The third kappa shape index (κ3) is 7.42. The van der Waals surface area contributed by atoms with Gasteiger partial charge in [0.2, 0.25) is 0 Å². The summed E-state index contributed by atoms with van der Waals surface area (Å²) in [5.74, 6) is -2.57. The molecule has 250 valence electrons. The molecule has 0 saturated carbocycles. The Balaban J connectivity index is 1.13. The number of carbonyl (C=O) groups is 3. The molecule has 5 aromatic heterocycles. The van der Waals surface area contributed by atoms with Crippen LogP contribution in [0.5, 0.6) is 0 Å². The van der Waals surface area contributed by atoms with Crippen molar-refractivity contribution < 1.29 is 29.7 Å². The van der Waals surface area contributed by atoms with E-state index in [-0.39, 0.29) is 19.3 Å². The Labute approximate surface area is 307 Å². The second-order valence-electron chi connectivity index (χ2n) is 11.7. The summed E-state index contributed by atoms with van der Waals surface area (Å²) in [6.45, 7) is 2.12. The highest BCUT2D eigenvalue weighted by atomic mass is 32.1. The summed E-state index contributed by atoms with van der Waals surface area (Å²) >= 11 is 8.39. The van der Waals surface area contributed by atoms with E-state index < -0.39 is 17.9 Å². The molecule has 0 aliphatic rings. The van der Waals surface area contributed by atoms with Crippen molar-refractivity contribution in [3.05, 3.63) is 119 Å². The second kappa shape index (κ2) is 14.3. The quantitative estimate of drug-likeness (QED) is 0.115. The van der Waals surface area contributed by atoms with Crippen LogP contribution in [0.4, 0.5) is 0 Å². The highest BCUT2D eigenvalue weighted by Crippen LogP contribution is 2.48. The zero-order chi connectivity index (χ0) is 34.9. The number of aliphatic carboxylic acids is 3. The highest BCUT2D eigenvalue weighted by molar-refractivity contribution is 7.30. The Bertz CT molecular complexity index is 2350. The van der Waals surface area contributed by atoms with Crippen LogP contribution in [0, 0.1) is 6.92 Å². The number of carboxylic acid groups (broad SMARTS) is 3. The minimum Gasteiger partial charge on any atom is -0.481 e. The molecular weight excluding hydrogens is 725 g/mol. The van der Waals surface area contributed by atoms with Crippen LogP contribution < -0.4 is 0 Å². The Hall–Kier alpha value is -4.65. The van der Waals surface area contributed by atoms with Gasteiger partial charge in [-0.1, -0.05) is 48.5 Å². The van der Waals surface area contributed by atoms with E-state index in [9.17, 15) is 19.5 Å². The number of benzene rings is 2. The molecule has 0 unspecified atom stereocenters. The molecule has 0 amide bonds. The lowest BCUT2D eigenvalue weighted by atomic mass is 10.1. The topological polar surface area (TPSA) is 112 Å². The second-order valence-corrected chi connectivity index (χ2v) is 17.0. The molecule has 0 atom stereocenters. The van der Waals surface area contributed by atoms with Gasteiger partial charge in [-0.05, 0) is 88.8 Å². The average Bonchev–Trinajstić information content (AvgIpc) is 3.91. The lowest BCUT2D eigenvalue weighted by Gasteiger charge is -2.00.